The number of hydrogen-bond donors (Lipinski definition) is 3. The molecule has 2 heterocycles. The number of nitrogens with one attached hydrogen (secondary N) is 2. The Morgan fingerprint density at radius 1 is 1.52 bits per heavy atom. The van der Waals surface area contributed by atoms with Gasteiger partial charge in [-0.1, -0.05) is 24.2 Å². The molecule has 1 aliphatic heterocycles. The highest BCUT2D eigenvalue weighted by atomic mass is 32.1. The summed E-state index contributed by atoms with van der Waals surface area (Å²) in [6.45, 7) is 5.77. The summed E-state index contributed by atoms with van der Waals surface area (Å²) in [5, 5.41) is 7.20. The van der Waals surface area contributed by atoms with Gasteiger partial charge in [-0.15, -0.1) is 0 Å². The van der Waals surface area contributed by atoms with Crippen molar-refractivity contribution in [3.63, 3.8) is 0 Å². The van der Waals surface area contributed by atoms with Crippen LogP contribution in [0, 0.1) is 5.92 Å². The monoisotopic (exact) mass is 309 g/mol. The Labute approximate surface area is 129 Å². The molecule has 21 heavy (non-hydrogen) atoms. The lowest BCUT2D eigenvalue weighted by molar-refractivity contribution is 0.0942. The third-order valence-electron chi connectivity index (χ3n) is 4.00. The Kier molecular flexibility index (Phi) is 4.30. The van der Waals surface area contributed by atoms with Crippen molar-refractivity contribution in [1.82, 2.24) is 15.6 Å². The van der Waals surface area contributed by atoms with Gasteiger partial charge < -0.3 is 21.3 Å². The summed E-state index contributed by atoms with van der Waals surface area (Å²) in [7, 11) is 0. The van der Waals surface area contributed by atoms with Crippen LogP contribution in [0.4, 0.5) is 10.9 Å². The van der Waals surface area contributed by atoms with Gasteiger partial charge in [0.05, 0.1) is 0 Å². The molecular weight excluding hydrogens is 286 g/mol. The first-order valence-electron chi connectivity index (χ1n) is 7.66. The van der Waals surface area contributed by atoms with Crippen molar-refractivity contribution < 1.29 is 4.79 Å². The molecule has 1 unspecified atom stereocenters. The highest BCUT2D eigenvalue weighted by molar-refractivity contribution is 7.18. The number of nitrogens with zero attached hydrogens (tertiary/aromatic N) is 2. The van der Waals surface area contributed by atoms with E-state index in [0.717, 1.165) is 43.6 Å². The number of carbonyl (C=O) groups excluding carboxylic acids is 1. The van der Waals surface area contributed by atoms with Crippen molar-refractivity contribution in [2.75, 3.05) is 36.8 Å². The molecule has 4 N–H and O–H groups in total. The van der Waals surface area contributed by atoms with Crippen LogP contribution in [0.25, 0.3) is 0 Å². The Bertz CT molecular complexity index is 507. The molecule has 1 atom stereocenters. The molecule has 6 nitrogen and oxygen atoms in total. The standard InChI is InChI=1S/C14H23N5OS/c1-9(8-10-2-3-10)17-13(20)11-12(15)18-14(21-11)19-6-4-16-5-7-19/h9-10,16H,2-8,15H2,1H3,(H,17,20). The van der Waals surface area contributed by atoms with Gasteiger partial charge in [0.25, 0.3) is 5.91 Å². The molecule has 0 spiro atoms. The average Bonchev–Trinajstić information content (AvgIpc) is 3.19. The van der Waals surface area contributed by atoms with Gasteiger partial charge in [-0.2, -0.15) is 0 Å². The molecular formula is C14H23N5OS. The maximum absolute atomic E-state index is 12.3. The molecule has 3 rings (SSSR count). The zero-order valence-electron chi connectivity index (χ0n) is 12.4. The van der Waals surface area contributed by atoms with Crippen molar-refractivity contribution in [3.05, 3.63) is 4.88 Å². The number of amides is 1. The molecule has 1 saturated heterocycles. The van der Waals surface area contributed by atoms with Crippen LogP contribution in [0.3, 0.4) is 0 Å². The summed E-state index contributed by atoms with van der Waals surface area (Å²) < 4.78 is 0. The van der Waals surface area contributed by atoms with Crippen LogP contribution in [-0.2, 0) is 0 Å². The fraction of sp³-hybridized carbons (Fsp3) is 0.714. The fourth-order valence-electron chi connectivity index (χ4n) is 2.68. The number of thiazole rings is 1. The van der Waals surface area contributed by atoms with Gasteiger partial charge in [0.15, 0.2) is 5.13 Å². The van der Waals surface area contributed by atoms with E-state index in [1.165, 1.54) is 24.2 Å². The number of nitrogens with two attached hydrogens (primary N) is 1. The van der Waals surface area contributed by atoms with Gasteiger partial charge in [-0.25, -0.2) is 4.98 Å². The SMILES string of the molecule is CC(CC1CC1)NC(=O)c1sc(N2CCNCC2)nc1N. The zero-order chi connectivity index (χ0) is 14.8. The Hall–Kier alpha value is -1.34. The van der Waals surface area contributed by atoms with Gasteiger partial charge in [0.1, 0.15) is 10.7 Å². The first kappa shape index (κ1) is 14.6. The maximum Gasteiger partial charge on any atom is 0.265 e. The summed E-state index contributed by atoms with van der Waals surface area (Å²) in [4.78, 5) is 19.4. The van der Waals surface area contributed by atoms with Crippen LogP contribution < -0.4 is 21.3 Å². The number of piperazine rings is 1. The van der Waals surface area contributed by atoms with Crippen molar-refractivity contribution >= 4 is 28.2 Å². The van der Waals surface area contributed by atoms with Crippen molar-refractivity contribution in [2.24, 2.45) is 5.92 Å². The topological polar surface area (TPSA) is 83.3 Å². The largest absolute Gasteiger partial charge is 0.382 e. The maximum atomic E-state index is 12.3. The number of hydrogen-bond acceptors (Lipinski definition) is 6. The van der Waals surface area contributed by atoms with E-state index in [9.17, 15) is 4.79 Å². The van der Waals surface area contributed by atoms with E-state index in [-0.39, 0.29) is 11.9 Å². The van der Waals surface area contributed by atoms with Gasteiger partial charge in [0.2, 0.25) is 0 Å². The molecule has 2 fully saturated rings. The summed E-state index contributed by atoms with van der Waals surface area (Å²) >= 11 is 1.40. The van der Waals surface area contributed by atoms with E-state index in [1.54, 1.807) is 0 Å². The highest BCUT2D eigenvalue weighted by Crippen LogP contribution is 2.34. The van der Waals surface area contributed by atoms with E-state index in [1.807, 2.05) is 0 Å². The van der Waals surface area contributed by atoms with Crippen LogP contribution >= 0.6 is 11.3 Å². The summed E-state index contributed by atoms with van der Waals surface area (Å²) in [5.41, 5.74) is 5.93. The third kappa shape index (κ3) is 3.65. The molecule has 0 aromatic carbocycles. The first-order chi connectivity index (χ1) is 10.1. The Morgan fingerprint density at radius 2 is 2.24 bits per heavy atom. The Morgan fingerprint density at radius 3 is 2.90 bits per heavy atom. The molecule has 0 radical (unpaired) electrons. The summed E-state index contributed by atoms with van der Waals surface area (Å²) in [5.74, 6) is 1.07. The second-order valence-corrected chi connectivity index (χ2v) is 6.98. The van der Waals surface area contributed by atoms with E-state index in [2.05, 4.69) is 27.4 Å². The minimum Gasteiger partial charge on any atom is -0.382 e. The molecule has 1 aromatic rings. The number of anilines is 2. The van der Waals surface area contributed by atoms with Crippen LogP contribution in [0.5, 0.6) is 0 Å². The third-order valence-corrected chi connectivity index (χ3v) is 5.13. The van der Waals surface area contributed by atoms with E-state index < -0.39 is 0 Å². The Balaban J connectivity index is 1.63. The second-order valence-electron chi connectivity index (χ2n) is 6.00. The number of rotatable bonds is 5. The molecule has 1 amide bonds. The van der Waals surface area contributed by atoms with E-state index in [0.29, 0.717) is 10.7 Å². The van der Waals surface area contributed by atoms with Gasteiger partial charge >= 0.3 is 0 Å². The second kappa shape index (κ2) is 6.19. The average molecular weight is 309 g/mol. The van der Waals surface area contributed by atoms with Crippen molar-refractivity contribution in [1.29, 1.82) is 0 Å². The summed E-state index contributed by atoms with van der Waals surface area (Å²) in [6, 6.07) is 0.203. The first-order valence-corrected chi connectivity index (χ1v) is 8.48. The molecule has 1 aromatic heterocycles. The predicted octanol–water partition coefficient (Wildman–Crippen LogP) is 1.05. The molecule has 0 bridgehead atoms. The highest BCUT2D eigenvalue weighted by Gasteiger charge is 2.26. The molecule has 116 valence electrons. The van der Waals surface area contributed by atoms with Crippen LogP contribution in [0.2, 0.25) is 0 Å². The smallest absolute Gasteiger partial charge is 0.265 e. The van der Waals surface area contributed by atoms with Gasteiger partial charge in [-0.05, 0) is 19.3 Å². The van der Waals surface area contributed by atoms with Crippen molar-refractivity contribution in [3.8, 4) is 0 Å². The minimum absolute atomic E-state index is 0.0838. The zero-order valence-corrected chi connectivity index (χ0v) is 13.2. The van der Waals surface area contributed by atoms with Crippen LogP contribution in [0.1, 0.15) is 35.9 Å². The normalized spacial score (nSPS) is 20.3. The van der Waals surface area contributed by atoms with E-state index >= 15 is 0 Å². The molecule has 2 aliphatic rings. The van der Waals surface area contributed by atoms with Gasteiger partial charge in [0, 0.05) is 32.2 Å². The van der Waals surface area contributed by atoms with Crippen LogP contribution in [0.15, 0.2) is 0 Å². The molecule has 1 aliphatic carbocycles. The summed E-state index contributed by atoms with van der Waals surface area (Å²) in [6.07, 6.45) is 3.67. The number of aromatic nitrogens is 1. The van der Waals surface area contributed by atoms with Crippen LogP contribution in [-0.4, -0.2) is 43.1 Å². The predicted molar refractivity (Wildman–Crippen MR) is 85.9 cm³/mol. The number of carbonyl (C=O) groups is 1. The molecule has 1 saturated carbocycles. The molecule has 7 heteroatoms. The minimum atomic E-state index is -0.0838. The quantitative estimate of drug-likeness (QED) is 0.757. The fourth-order valence-corrected chi connectivity index (χ4v) is 3.62. The number of nitrogen functional groups attached to an aromatic ring is 1. The lowest BCUT2D eigenvalue weighted by Crippen LogP contribution is -2.43. The lowest BCUT2D eigenvalue weighted by atomic mass is 10.1. The van der Waals surface area contributed by atoms with Gasteiger partial charge in [-0.3, -0.25) is 4.79 Å². The lowest BCUT2D eigenvalue weighted by Gasteiger charge is -2.26. The van der Waals surface area contributed by atoms with Crippen molar-refractivity contribution in [2.45, 2.75) is 32.2 Å². The van der Waals surface area contributed by atoms with E-state index in [4.69, 9.17) is 5.73 Å².